The lowest BCUT2D eigenvalue weighted by Crippen LogP contribution is -2.28. The predicted molar refractivity (Wildman–Crippen MR) is 135 cm³/mol. The van der Waals surface area contributed by atoms with E-state index < -0.39 is 0 Å². The lowest BCUT2D eigenvalue weighted by molar-refractivity contribution is -0.0936. The van der Waals surface area contributed by atoms with Crippen LogP contribution >= 0.6 is 0 Å². The first-order valence-corrected chi connectivity index (χ1v) is 11.9. The zero-order valence-corrected chi connectivity index (χ0v) is 19.3. The third kappa shape index (κ3) is 2.96. The molecule has 1 unspecified atom stereocenters. The van der Waals surface area contributed by atoms with Gasteiger partial charge in [0.05, 0.1) is 22.7 Å². The Kier molecular flexibility index (Phi) is 4.78. The van der Waals surface area contributed by atoms with Crippen LogP contribution in [0.5, 0.6) is 0 Å². The zero-order chi connectivity index (χ0) is 22.7. The summed E-state index contributed by atoms with van der Waals surface area (Å²) in [4.78, 5) is 16.4. The van der Waals surface area contributed by atoms with Gasteiger partial charge >= 0.3 is 0 Å². The standard InChI is InChI=1S/C28H29N3O2/c1-16-12-17(2)33-24(13-16)31-23-11-7-5-9-19(23)26-21(15-32)20(14-29-3)25-18-8-4-6-10-22(18)30-27(25)28(26)31/h4-11,15-17,24,29-30H,12-14H2,1-3H3/t16-,17?,24+/m1/s1. The lowest BCUT2D eigenvalue weighted by Gasteiger charge is -2.34. The highest BCUT2D eigenvalue weighted by atomic mass is 16.5. The van der Waals surface area contributed by atoms with E-state index in [1.165, 1.54) is 0 Å². The van der Waals surface area contributed by atoms with Gasteiger partial charge in [0.25, 0.3) is 0 Å². The van der Waals surface area contributed by atoms with Crippen LogP contribution in [-0.4, -0.2) is 29.0 Å². The van der Waals surface area contributed by atoms with Gasteiger partial charge in [-0.2, -0.15) is 0 Å². The van der Waals surface area contributed by atoms with Crippen LogP contribution in [0.1, 0.15) is 48.8 Å². The minimum Gasteiger partial charge on any atom is -0.355 e. The fourth-order valence-corrected chi connectivity index (χ4v) is 6.04. The van der Waals surface area contributed by atoms with Crippen molar-refractivity contribution in [2.75, 3.05) is 7.05 Å². The highest BCUT2D eigenvalue weighted by Crippen LogP contribution is 2.44. The number of benzene rings is 3. The number of hydrogen-bond donors (Lipinski definition) is 2. The molecule has 2 aromatic heterocycles. The van der Waals surface area contributed by atoms with Crippen molar-refractivity contribution in [2.24, 2.45) is 5.92 Å². The van der Waals surface area contributed by atoms with E-state index >= 15 is 0 Å². The number of hydrogen-bond acceptors (Lipinski definition) is 3. The Hall–Kier alpha value is -3.15. The number of aldehydes is 1. The van der Waals surface area contributed by atoms with Crippen LogP contribution in [0, 0.1) is 5.92 Å². The summed E-state index contributed by atoms with van der Waals surface area (Å²) in [6.45, 7) is 5.09. The molecule has 0 amide bonds. The van der Waals surface area contributed by atoms with E-state index in [-0.39, 0.29) is 12.3 Å². The van der Waals surface area contributed by atoms with Crippen LogP contribution < -0.4 is 5.32 Å². The summed E-state index contributed by atoms with van der Waals surface area (Å²) in [5.74, 6) is 0.572. The van der Waals surface area contributed by atoms with E-state index in [0.29, 0.717) is 12.5 Å². The summed E-state index contributed by atoms with van der Waals surface area (Å²) in [6.07, 6.45) is 3.19. The SMILES string of the molecule is CNCc1c(C=O)c2c3ccccc3n([C@@H]3C[C@H](C)CC(C)O3)c2c2[nH]c3ccccc3c12. The predicted octanol–water partition coefficient (Wildman–Crippen LogP) is 6.29. The molecule has 33 heavy (non-hydrogen) atoms. The molecule has 168 valence electrons. The minimum atomic E-state index is -0.0737. The number of ether oxygens (including phenoxy) is 1. The minimum absolute atomic E-state index is 0.0737. The number of H-pyrrole nitrogens is 1. The van der Waals surface area contributed by atoms with E-state index in [9.17, 15) is 4.79 Å². The highest BCUT2D eigenvalue weighted by molar-refractivity contribution is 6.27. The van der Waals surface area contributed by atoms with E-state index in [4.69, 9.17) is 4.74 Å². The number of nitrogens with one attached hydrogen (secondary N) is 2. The maximum atomic E-state index is 12.7. The monoisotopic (exact) mass is 439 g/mol. The molecule has 3 heterocycles. The topological polar surface area (TPSA) is 59.1 Å². The molecule has 1 fully saturated rings. The van der Waals surface area contributed by atoms with Gasteiger partial charge in [-0.1, -0.05) is 43.3 Å². The second-order valence-corrected chi connectivity index (χ2v) is 9.55. The first kappa shape index (κ1) is 20.5. The molecule has 5 aromatic rings. The van der Waals surface area contributed by atoms with Crippen molar-refractivity contribution in [3.63, 3.8) is 0 Å². The molecule has 6 rings (SSSR count). The van der Waals surface area contributed by atoms with Gasteiger partial charge in [0, 0.05) is 39.2 Å². The number of fused-ring (bicyclic) bond motifs is 7. The first-order chi connectivity index (χ1) is 16.1. The average Bonchev–Trinajstić information content (AvgIpc) is 3.35. The van der Waals surface area contributed by atoms with Crippen LogP contribution in [0.4, 0.5) is 0 Å². The zero-order valence-electron chi connectivity index (χ0n) is 19.3. The van der Waals surface area contributed by atoms with Gasteiger partial charge in [0.15, 0.2) is 6.29 Å². The molecule has 5 heteroatoms. The molecule has 1 saturated heterocycles. The quantitative estimate of drug-likeness (QED) is 0.323. The summed E-state index contributed by atoms with van der Waals surface area (Å²) in [7, 11) is 1.93. The summed E-state index contributed by atoms with van der Waals surface area (Å²) < 4.78 is 8.89. The molecule has 0 saturated carbocycles. The summed E-state index contributed by atoms with van der Waals surface area (Å²) in [6, 6.07) is 16.8. The van der Waals surface area contributed by atoms with Crippen molar-refractivity contribution in [3.8, 4) is 0 Å². The van der Waals surface area contributed by atoms with E-state index in [2.05, 4.69) is 77.2 Å². The molecular formula is C28H29N3O2. The van der Waals surface area contributed by atoms with Crippen molar-refractivity contribution in [1.82, 2.24) is 14.9 Å². The summed E-state index contributed by atoms with van der Waals surface area (Å²) >= 11 is 0. The first-order valence-electron chi connectivity index (χ1n) is 11.9. The Balaban J connectivity index is 1.85. The number of carbonyl (C=O) groups is 1. The highest BCUT2D eigenvalue weighted by Gasteiger charge is 2.31. The van der Waals surface area contributed by atoms with Crippen LogP contribution in [0.25, 0.3) is 43.6 Å². The maximum absolute atomic E-state index is 12.7. The van der Waals surface area contributed by atoms with E-state index in [1.54, 1.807) is 0 Å². The number of rotatable bonds is 4. The Morgan fingerprint density at radius 2 is 1.82 bits per heavy atom. The molecule has 1 aliphatic rings. The normalized spacial score (nSPS) is 21.5. The van der Waals surface area contributed by atoms with Gasteiger partial charge in [-0.25, -0.2) is 0 Å². The number of nitrogens with zero attached hydrogens (tertiary/aromatic N) is 1. The van der Waals surface area contributed by atoms with Crippen LogP contribution in [0.3, 0.4) is 0 Å². The molecule has 3 atom stereocenters. The van der Waals surface area contributed by atoms with Crippen molar-refractivity contribution in [1.29, 1.82) is 0 Å². The molecule has 3 aromatic carbocycles. The Morgan fingerprint density at radius 3 is 2.58 bits per heavy atom. The second-order valence-electron chi connectivity index (χ2n) is 9.55. The Labute approximate surface area is 192 Å². The van der Waals surface area contributed by atoms with Crippen molar-refractivity contribution < 1.29 is 9.53 Å². The van der Waals surface area contributed by atoms with Gasteiger partial charge in [-0.3, -0.25) is 4.79 Å². The molecule has 0 spiro atoms. The lowest BCUT2D eigenvalue weighted by atomic mass is 9.95. The van der Waals surface area contributed by atoms with Gasteiger partial charge < -0.3 is 19.6 Å². The average molecular weight is 440 g/mol. The summed E-state index contributed by atoms with van der Waals surface area (Å²) in [5, 5.41) is 7.67. The molecule has 0 aliphatic carbocycles. The molecular weight excluding hydrogens is 410 g/mol. The fourth-order valence-electron chi connectivity index (χ4n) is 6.04. The van der Waals surface area contributed by atoms with Crippen LogP contribution in [-0.2, 0) is 11.3 Å². The van der Waals surface area contributed by atoms with Crippen molar-refractivity contribution in [2.45, 2.75) is 45.6 Å². The molecule has 0 radical (unpaired) electrons. The largest absolute Gasteiger partial charge is 0.355 e. The maximum Gasteiger partial charge on any atom is 0.151 e. The van der Waals surface area contributed by atoms with E-state index in [0.717, 1.165) is 73.9 Å². The Bertz CT molecular complexity index is 1520. The molecule has 5 nitrogen and oxygen atoms in total. The van der Waals surface area contributed by atoms with Crippen LogP contribution in [0.15, 0.2) is 48.5 Å². The van der Waals surface area contributed by atoms with Gasteiger partial charge in [-0.05, 0) is 50.4 Å². The number of carbonyl (C=O) groups excluding carboxylic acids is 1. The molecule has 2 N–H and O–H groups in total. The summed E-state index contributed by atoms with van der Waals surface area (Å²) in [5.41, 5.74) is 6.15. The number of para-hydroxylation sites is 2. The van der Waals surface area contributed by atoms with Crippen LogP contribution in [0.2, 0.25) is 0 Å². The van der Waals surface area contributed by atoms with Gasteiger partial charge in [0.2, 0.25) is 0 Å². The molecule has 0 bridgehead atoms. The molecule has 1 aliphatic heterocycles. The fraction of sp³-hybridized carbons (Fsp3) is 0.321. The van der Waals surface area contributed by atoms with Crippen molar-refractivity contribution >= 4 is 49.9 Å². The third-order valence-corrected chi connectivity index (χ3v) is 7.24. The number of aromatic amines is 1. The van der Waals surface area contributed by atoms with Crippen molar-refractivity contribution in [3.05, 3.63) is 59.7 Å². The Morgan fingerprint density at radius 1 is 1.06 bits per heavy atom. The third-order valence-electron chi connectivity index (χ3n) is 7.24. The van der Waals surface area contributed by atoms with E-state index in [1.807, 2.05) is 7.05 Å². The second kappa shape index (κ2) is 7.72. The smallest absolute Gasteiger partial charge is 0.151 e. The van der Waals surface area contributed by atoms with Gasteiger partial charge in [-0.15, -0.1) is 0 Å². The number of aromatic nitrogens is 2. The van der Waals surface area contributed by atoms with Gasteiger partial charge in [0.1, 0.15) is 6.23 Å².